The van der Waals surface area contributed by atoms with Gasteiger partial charge in [0.15, 0.2) is 0 Å². The molecule has 0 bridgehead atoms. The summed E-state index contributed by atoms with van der Waals surface area (Å²) in [5, 5.41) is 0.354. The van der Waals surface area contributed by atoms with E-state index in [2.05, 4.69) is 34.2 Å². The van der Waals surface area contributed by atoms with E-state index >= 15 is 0 Å². The average molecular weight is 420 g/mol. The Hall–Kier alpha value is -1.38. The number of ether oxygens (including phenoxy) is 1. The number of aromatic nitrogens is 1. The minimum Gasteiger partial charge on any atom is -0.438 e. The third-order valence-corrected chi connectivity index (χ3v) is 3.52. The van der Waals surface area contributed by atoms with Crippen LogP contribution in [0.1, 0.15) is 16.8 Å². The van der Waals surface area contributed by atoms with Crippen LogP contribution in [-0.4, -0.2) is 17.4 Å². The molecule has 21 heavy (non-hydrogen) atoms. The number of nitrogens with two attached hydrogens (primary N) is 2. The number of rotatable bonds is 7. The lowest BCUT2D eigenvalue weighted by Crippen LogP contribution is -2.11. The Morgan fingerprint density at radius 3 is 2.71 bits per heavy atom. The summed E-state index contributed by atoms with van der Waals surface area (Å²) in [6.45, 7) is 4.27. The fourth-order valence-electron chi connectivity index (χ4n) is 1.33. The van der Waals surface area contributed by atoms with Crippen LogP contribution in [0.2, 0.25) is 0 Å². The van der Waals surface area contributed by atoms with Gasteiger partial charge in [-0.25, -0.2) is 4.98 Å². The molecule has 0 saturated carbocycles. The monoisotopic (exact) mass is 419 g/mol. The molecule has 0 aromatic carbocycles. The predicted octanol–water partition coefficient (Wildman–Crippen LogP) is 2.86. The second-order valence-corrected chi connectivity index (χ2v) is 5.02. The van der Waals surface area contributed by atoms with Crippen LogP contribution in [-0.2, 0) is 0 Å². The smallest absolute Gasteiger partial charge is 0.250 e. The largest absolute Gasteiger partial charge is 0.438 e. The second kappa shape index (κ2) is 8.81. The highest BCUT2D eigenvalue weighted by molar-refractivity contribution is 14.1. The van der Waals surface area contributed by atoms with Gasteiger partial charge in [-0.3, -0.25) is 4.79 Å². The summed E-state index contributed by atoms with van der Waals surface area (Å²) in [4.78, 5) is 14.9. The number of carbonyl (C=O) groups is 1. The van der Waals surface area contributed by atoms with Crippen LogP contribution in [0.15, 0.2) is 51.4 Å². The van der Waals surface area contributed by atoms with Crippen molar-refractivity contribution in [2.24, 2.45) is 11.5 Å². The third-order valence-electron chi connectivity index (χ3n) is 2.40. The van der Waals surface area contributed by atoms with Crippen molar-refractivity contribution in [3.63, 3.8) is 0 Å². The van der Waals surface area contributed by atoms with E-state index in [0.717, 1.165) is 5.57 Å². The van der Waals surface area contributed by atoms with E-state index in [1.807, 2.05) is 4.08 Å². The molecule has 1 aromatic heterocycles. The van der Waals surface area contributed by atoms with E-state index in [1.165, 1.54) is 18.3 Å². The fraction of sp³-hybridized carbons (Fsp3) is 0.143. The van der Waals surface area contributed by atoms with Gasteiger partial charge in [0.1, 0.15) is 5.76 Å². The van der Waals surface area contributed by atoms with E-state index in [0.29, 0.717) is 23.6 Å². The molecule has 0 spiro atoms. The van der Waals surface area contributed by atoms with E-state index < -0.39 is 5.91 Å². The third kappa shape index (κ3) is 5.86. The number of pyridine rings is 1. The average Bonchev–Trinajstić information content (AvgIpc) is 2.47. The van der Waals surface area contributed by atoms with Crippen molar-refractivity contribution in [1.29, 1.82) is 0 Å². The molecule has 0 atom stereocenters. The number of hydrogen-bond acceptors (Lipinski definition) is 4. The molecule has 0 radical (unpaired) electrons. The van der Waals surface area contributed by atoms with Crippen LogP contribution < -0.4 is 16.2 Å². The minimum absolute atomic E-state index is 0.253. The molecular weight excluding hydrogens is 405 g/mol. The first-order valence-corrected chi connectivity index (χ1v) is 7.59. The van der Waals surface area contributed by atoms with Gasteiger partial charge in [0.2, 0.25) is 11.8 Å². The Balaban J connectivity index is 2.76. The van der Waals surface area contributed by atoms with Crippen molar-refractivity contribution >= 4 is 40.1 Å². The van der Waals surface area contributed by atoms with Crippen LogP contribution in [0.5, 0.6) is 5.88 Å². The zero-order chi connectivity index (χ0) is 15.8. The highest BCUT2D eigenvalue weighted by Gasteiger charge is 2.06. The van der Waals surface area contributed by atoms with Gasteiger partial charge in [0.05, 0.1) is 10.6 Å². The Morgan fingerprint density at radius 2 is 2.24 bits per heavy atom. The first kappa shape index (κ1) is 17.7. The second-order valence-electron chi connectivity index (χ2n) is 3.99. The Kier molecular flexibility index (Phi) is 7.41. The van der Waals surface area contributed by atoms with Crippen molar-refractivity contribution < 1.29 is 9.53 Å². The molecule has 1 amide bonds. The van der Waals surface area contributed by atoms with E-state index in [4.69, 9.17) is 27.8 Å². The van der Waals surface area contributed by atoms with Crippen molar-refractivity contribution in [3.8, 4) is 5.88 Å². The van der Waals surface area contributed by atoms with Gasteiger partial charge >= 0.3 is 0 Å². The molecule has 1 rings (SSSR count). The van der Waals surface area contributed by atoms with Gasteiger partial charge < -0.3 is 16.2 Å². The number of hydrogen-bond donors (Lipinski definition) is 2. The highest BCUT2D eigenvalue weighted by Crippen LogP contribution is 2.21. The van der Waals surface area contributed by atoms with Crippen molar-refractivity contribution in [2.45, 2.75) is 6.42 Å². The lowest BCUT2D eigenvalue weighted by atomic mass is 10.2. The van der Waals surface area contributed by atoms with E-state index in [-0.39, 0.29) is 11.6 Å². The van der Waals surface area contributed by atoms with Gasteiger partial charge in [0, 0.05) is 12.3 Å². The number of primary amides is 1. The molecule has 0 unspecified atom stereocenters. The van der Waals surface area contributed by atoms with Crippen LogP contribution in [0, 0.1) is 0 Å². The molecular formula is C14H15ClIN3O2. The molecule has 0 aliphatic carbocycles. The molecule has 112 valence electrons. The molecule has 1 aromatic rings. The fourth-order valence-corrected chi connectivity index (χ4v) is 2.00. The molecule has 1 heterocycles. The van der Waals surface area contributed by atoms with Crippen LogP contribution in [0.3, 0.4) is 0 Å². The van der Waals surface area contributed by atoms with Gasteiger partial charge in [-0.05, 0) is 34.8 Å². The van der Waals surface area contributed by atoms with E-state index in [1.54, 1.807) is 6.08 Å². The first-order chi connectivity index (χ1) is 9.97. The molecule has 0 aliphatic heterocycles. The van der Waals surface area contributed by atoms with Crippen LogP contribution >= 0.6 is 34.2 Å². The SMILES string of the molecule is C=C(Oc1ccc(C(N)=O)cn1)/C(Cl)=C\C(=C/I)CCN. The minimum atomic E-state index is -0.551. The van der Waals surface area contributed by atoms with Crippen LogP contribution in [0.25, 0.3) is 0 Å². The Labute approximate surface area is 141 Å². The van der Waals surface area contributed by atoms with Crippen molar-refractivity contribution in [3.05, 3.63) is 57.0 Å². The summed E-state index contributed by atoms with van der Waals surface area (Å²) in [6.07, 6.45) is 3.77. The summed E-state index contributed by atoms with van der Waals surface area (Å²) < 4.78 is 7.30. The number of amides is 1. The number of carbonyl (C=O) groups excluding carboxylic acids is 1. The van der Waals surface area contributed by atoms with Gasteiger partial charge in [-0.15, -0.1) is 0 Å². The molecule has 0 saturated heterocycles. The summed E-state index contributed by atoms with van der Waals surface area (Å²) in [7, 11) is 0. The standard InChI is InChI=1S/C14H15ClIN3O2/c1-9(12(15)6-10(7-16)4-5-17)21-13-3-2-11(8-19-13)14(18)20/h2-3,6-8H,1,4-5,17H2,(H2,18,20)/b10-7-,12-6+. The summed E-state index contributed by atoms with van der Waals surface area (Å²) >= 11 is 8.24. The number of allylic oxidation sites excluding steroid dienone is 2. The normalized spacial score (nSPS) is 12.1. The highest BCUT2D eigenvalue weighted by atomic mass is 127. The van der Waals surface area contributed by atoms with Gasteiger partial charge in [-0.2, -0.15) is 0 Å². The summed E-state index contributed by atoms with van der Waals surface area (Å²) in [6, 6.07) is 3.03. The molecule has 0 aliphatic rings. The lowest BCUT2D eigenvalue weighted by molar-refractivity contribution is 0.1000. The summed E-state index contributed by atoms with van der Waals surface area (Å²) in [5.74, 6) is -0.0245. The number of nitrogens with zero attached hydrogens (tertiary/aromatic N) is 1. The van der Waals surface area contributed by atoms with E-state index in [9.17, 15) is 4.79 Å². The quantitative estimate of drug-likeness (QED) is 0.404. The predicted molar refractivity (Wildman–Crippen MR) is 92.2 cm³/mol. The molecule has 7 heteroatoms. The van der Waals surface area contributed by atoms with Crippen molar-refractivity contribution in [1.82, 2.24) is 4.98 Å². The first-order valence-electron chi connectivity index (χ1n) is 5.97. The maximum absolute atomic E-state index is 10.9. The molecule has 0 fully saturated rings. The van der Waals surface area contributed by atoms with Gasteiger partial charge in [0.25, 0.3) is 0 Å². The Morgan fingerprint density at radius 1 is 1.52 bits per heavy atom. The van der Waals surface area contributed by atoms with Crippen molar-refractivity contribution in [2.75, 3.05) is 6.54 Å². The number of halogens is 2. The zero-order valence-corrected chi connectivity index (χ0v) is 14.1. The summed E-state index contributed by atoms with van der Waals surface area (Å²) in [5.41, 5.74) is 11.9. The maximum Gasteiger partial charge on any atom is 0.250 e. The maximum atomic E-state index is 10.9. The van der Waals surface area contributed by atoms with Gasteiger partial charge in [-0.1, -0.05) is 40.8 Å². The zero-order valence-electron chi connectivity index (χ0n) is 11.2. The lowest BCUT2D eigenvalue weighted by Gasteiger charge is -2.08. The van der Waals surface area contributed by atoms with Crippen LogP contribution in [0.4, 0.5) is 0 Å². The topological polar surface area (TPSA) is 91.2 Å². The molecule has 4 N–H and O–H groups in total. The Bertz CT molecular complexity index is 582. The molecule has 5 nitrogen and oxygen atoms in total.